The third-order valence-corrected chi connectivity index (χ3v) is 8.12. The third kappa shape index (κ3) is 4.39. The van der Waals surface area contributed by atoms with Crippen LogP contribution in [0.25, 0.3) is 0 Å². The summed E-state index contributed by atoms with van der Waals surface area (Å²) in [6.07, 6.45) is 0. The molecule has 0 radical (unpaired) electrons. The SMILES string of the molecule is O=C(c1ccccc1)N1CSCC1(C(=O)O)C(NS(=O)(=O)c1ccccc1)c1ccccc1. The van der Waals surface area contributed by atoms with Gasteiger partial charge in [-0.25, -0.2) is 17.9 Å². The summed E-state index contributed by atoms with van der Waals surface area (Å²) >= 11 is 1.27. The molecule has 2 unspecified atom stereocenters. The smallest absolute Gasteiger partial charge is 0.332 e. The summed E-state index contributed by atoms with van der Waals surface area (Å²) in [7, 11) is -4.09. The van der Waals surface area contributed by atoms with Gasteiger partial charge in [0.05, 0.1) is 16.8 Å². The van der Waals surface area contributed by atoms with Crippen LogP contribution < -0.4 is 4.72 Å². The van der Waals surface area contributed by atoms with Crippen molar-refractivity contribution in [3.05, 3.63) is 102 Å². The number of carboxylic acid groups (broad SMARTS) is 1. The molecule has 4 rings (SSSR count). The van der Waals surface area contributed by atoms with E-state index in [2.05, 4.69) is 4.72 Å². The second-order valence-corrected chi connectivity index (χ2v) is 10.3. The Morgan fingerprint density at radius 1 is 0.909 bits per heavy atom. The molecule has 170 valence electrons. The van der Waals surface area contributed by atoms with Crippen LogP contribution in [0, 0.1) is 0 Å². The van der Waals surface area contributed by atoms with E-state index in [1.165, 1.54) is 28.8 Å². The van der Waals surface area contributed by atoms with E-state index in [-0.39, 0.29) is 16.5 Å². The lowest BCUT2D eigenvalue weighted by atomic mass is 9.85. The molecule has 0 spiro atoms. The van der Waals surface area contributed by atoms with Gasteiger partial charge in [0.15, 0.2) is 5.54 Å². The number of thioether (sulfide) groups is 1. The molecule has 2 N–H and O–H groups in total. The first kappa shape index (κ1) is 23.0. The van der Waals surface area contributed by atoms with Crippen LogP contribution in [0.5, 0.6) is 0 Å². The Hall–Kier alpha value is -3.14. The predicted molar refractivity (Wildman–Crippen MR) is 126 cm³/mol. The van der Waals surface area contributed by atoms with Gasteiger partial charge in [-0.05, 0) is 29.8 Å². The topological polar surface area (TPSA) is 104 Å². The number of hydrogen-bond donors (Lipinski definition) is 2. The summed E-state index contributed by atoms with van der Waals surface area (Å²) in [5, 5.41) is 10.5. The minimum Gasteiger partial charge on any atom is -0.479 e. The second kappa shape index (κ2) is 9.38. The van der Waals surface area contributed by atoms with Crippen molar-refractivity contribution >= 4 is 33.7 Å². The van der Waals surface area contributed by atoms with Gasteiger partial charge >= 0.3 is 5.97 Å². The fourth-order valence-corrected chi connectivity index (χ4v) is 6.58. The van der Waals surface area contributed by atoms with Crippen molar-refractivity contribution in [1.82, 2.24) is 9.62 Å². The molecule has 1 heterocycles. The number of sulfonamides is 1. The minimum absolute atomic E-state index is 0.0121. The van der Waals surface area contributed by atoms with Crippen molar-refractivity contribution in [3.63, 3.8) is 0 Å². The molecule has 1 aliphatic heterocycles. The number of benzene rings is 3. The molecule has 3 aromatic rings. The number of nitrogens with zero attached hydrogens (tertiary/aromatic N) is 1. The van der Waals surface area contributed by atoms with E-state index in [0.717, 1.165) is 0 Å². The van der Waals surface area contributed by atoms with E-state index >= 15 is 0 Å². The van der Waals surface area contributed by atoms with Gasteiger partial charge < -0.3 is 10.0 Å². The largest absolute Gasteiger partial charge is 0.479 e. The molecular weight excluding hydrogens is 460 g/mol. The van der Waals surface area contributed by atoms with Crippen LogP contribution in [0.1, 0.15) is 22.0 Å². The Kier molecular flexibility index (Phi) is 6.55. The highest BCUT2D eigenvalue weighted by Gasteiger charge is 2.57. The maximum atomic E-state index is 13.4. The molecule has 2 atom stereocenters. The molecule has 1 aliphatic rings. The Bertz CT molecular complexity index is 1240. The Balaban J connectivity index is 1.84. The van der Waals surface area contributed by atoms with Gasteiger partial charge in [-0.15, -0.1) is 11.8 Å². The molecule has 3 aromatic carbocycles. The molecule has 9 heteroatoms. The number of carbonyl (C=O) groups is 2. The third-order valence-electron chi connectivity index (χ3n) is 5.60. The zero-order chi connectivity index (χ0) is 23.5. The summed E-state index contributed by atoms with van der Waals surface area (Å²) in [5.74, 6) is -1.60. The molecule has 1 fully saturated rings. The van der Waals surface area contributed by atoms with Crippen molar-refractivity contribution in [1.29, 1.82) is 0 Å². The summed E-state index contributed by atoms with van der Waals surface area (Å²) in [6, 6.07) is 23.4. The van der Waals surface area contributed by atoms with E-state index in [1.54, 1.807) is 78.9 Å². The van der Waals surface area contributed by atoms with Crippen LogP contribution in [0.15, 0.2) is 95.9 Å². The van der Waals surface area contributed by atoms with Gasteiger partial charge in [0.25, 0.3) is 5.91 Å². The first-order chi connectivity index (χ1) is 15.9. The average Bonchev–Trinajstić information content (AvgIpc) is 3.30. The summed E-state index contributed by atoms with van der Waals surface area (Å²) in [5.41, 5.74) is -1.04. The quantitative estimate of drug-likeness (QED) is 0.535. The van der Waals surface area contributed by atoms with E-state index in [9.17, 15) is 23.1 Å². The van der Waals surface area contributed by atoms with E-state index < -0.39 is 33.5 Å². The van der Waals surface area contributed by atoms with Crippen LogP contribution >= 0.6 is 11.8 Å². The summed E-state index contributed by atoms with van der Waals surface area (Å²) in [4.78, 5) is 27.6. The van der Waals surface area contributed by atoms with Crippen molar-refractivity contribution in [2.45, 2.75) is 16.5 Å². The molecule has 7 nitrogen and oxygen atoms in total. The van der Waals surface area contributed by atoms with Gasteiger partial charge in [0, 0.05) is 11.3 Å². The number of carbonyl (C=O) groups excluding carboxylic acids is 1. The Morgan fingerprint density at radius 3 is 2.03 bits per heavy atom. The highest BCUT2D eigenvalue weighted by Crippen LogP contribution is 2.42. The standard InChI is InChI=1S/C24H22N2O5S2/c27-22(19-12-6-2-7-13-19)26-17-32-16-24(26,23(28)29)21(18-10-4-1-5-11-18)25-33(30,31)20-14-8-3-9-15-20/h1-15,21,25H,16-17H2,(H,28,29). The maximum absolute atomic E-state index is 13.4. The summed E-state index contributed by atoms with van der Waals surface area (Å²) in [6.45, 7) is 0. The monoisotopic (exact) mass is 482 g/mol. The first-order valence-corrected chi connectivity index (χ1v) is 12.8. The summed E-state index contributed by atoms with van der Waals surface area (Å²) < 4.78 is 29.1. The minimum atomic E-state index is -4.09. The number of rotatable bonds is 7. The van der Waals surface area contributed by atoms with E-state index in [1.807, 2.05) is 0 Å². The maximum Gasteiger partial charge on any atom is 0.332 e. The highest BCUT2D eigenvalue weighted by molar-refractivity contribution is 7.99. The molecule has 0 aromatic heterocycles. The van der Waals surface area contributed by atoms with Crippen LogP contribution in [0.2, 0.25) is 0 Å². The van der Waals surface area contributed by atoms with Crippen LogP contribution in [-0.2, 0) is 14.8 Å². The number of aliphatic carboxylic acids is 1. The van der Waals surface area contributed by atoms with Gasteiger partial charge in [-0.3, -0.25) is 4.79 Å². The van der Waals surface area contributed by atoms with Gasteiger partial charge in [0.2, 0.25) is 10.0 Å². The average molecular weight is 483 g/mol. The van der Waals surface area contributed by atoms with E-state index in [4.69, 9.17) is 0 Å². The first-order valence-electron chi connectivity index (χ1n) is 10.2. The van der Waals surface area contributed by atoms with Crippen molar-refractivity contribution < 1.29 is 23.1 Å². The second-order valence-electron chi connectivity index (χ2n) is 7.58. The number of hydrogen-bond acceptors (Lipinski definition) is 5. The molecule has 1 saturated heterocycles. The lowest BCUT2D eigenvalue weighted by molar-refractivity contribution is -0.149. The lowest BCUT2D eigenvalue weighted by Gasteiger charge is -2.40. The lowest BCUT2D eigenvalue weighted by Crippen LogP contribution is -2.62. The Labute approximate surface area is 196 Å². The normalized spacial score (nSPS) is 19.2. The van der Waals surface area contributed by atoms with E-state index in [0.29, 0.717) is 11.1 Å². The zero-order valence-electron chi connectivity index (χ0n) is 17.5. The molecular formula is C24H22N2O5S2. The predicted octanol–water partition coefficient (Wildman–Crippen LogP) is 3.38. The number of amides is 1. The van der Waals surface area contributed by atoms with Crippen molar-refractivity contribution in [2.75, 3.05) is 11.6 Å². The molecule has 0 bridgehead atoms. The van der Waals surface area contributed by atoms with Gasteiger partial charge in [-0.2, -0.15) is 0 Å². The van der Waals surface area contributed by atoms with Crippen LogP contribution in [0.4, 0.5) is 0 Å². The highest BCUT2D eigenvalue weighted by atomic mass is 32.2. The molecule has 0 aliphatic carbocycles. The number of carboxylic acids is 1. The van der Waals surface area contributed by atoms with Crippen LogP contribution in [0.3, 0.4) is 0 Å². The van der Waals surface area contributed by atoms with Crippen LogP contribution in [-0.4, -0.2) is 47.5 Å². The molecule has 33 heavy (non-hydrogen) atoms. The fourth-order valence-electron chi connectivity index (χ4n) is 3.91. The van der Waals surface area contributed by atoms with Crippen molar-refractivity contribution in [3.8, 4) is 0 Å². The Morgan fingerprint density at radius 2 is 1.45 bits per heavy atom. The van der Waals surface area contributed by atoms with Gasteiger partial charge in [0.1, 0.15) is 0 Å². The zero-order valence-corrected chi connectivity index (χ0v) is 19.1. The molecule has 0 saturated carbocycles. The fraction of sp³-hybridized carbons (Fsp3) is 0.167. The molecule has 1 amide bonds. The van der Waals surface area contributed by atoms with Gasteiger partial charge in [-0.1, -0.05) is 66.7 Å². The number of nitrogens with one attached hydrogen (secondary N) is 1. The van der Waals surface area contributed by atoms with Crippen molar-refractivity contribution in [2.24, 2.45) is 0 Å².